The number of aromatic nitrogens is 2. The number of alkyl halides is 1. The van der Waals surface area contributed by atoms with Gasteiger partial charge >= 0.3 is 0 Å². The number of ether oxygens (including phenoxy) is 2. The normalized spacial score (nSPS) is 14.9. The van der Waals surface area contributed by atoms with Crippen molar-refractivity contribution in [3.63, 3.8) is 0 Å². The molecule has 0 saturated heterocycles. The molecule has 0 saturated carbocycles. The fourth-order valence-corrected chi connectivity index (χ4v) is 6.55. The standard InChI is InChI=1S/C18H17FN4O2S.C17H26ClNO2/c1-4-5-22-13-7-12(11(19)6-14(13)25-9-16(22)24)20-17-23-10-18(2,3)8-15(23)21-26-17;1-4-11-21-12-10-19(16(20)13-18)17-14(5-2)8-7-9-15(17)6-3/h1,6-7H,5,8-10H2,2-3H3;7-9H,4-6,10-13H2,1-3H3/b20-17-;. The summed E-state index contributed by atoms with van der Waals surface area (Å²) in [5.41, 5.74) is 4.07. The number of carbonyl (C=O) groups excluding carboxylic acids is 2. The topological polar surface area (TPSA) is 89.3 Å². The highest BCUT2D eigenvalue weighted by atomic mass is 35.5. The Morgan fingerprint density at radius 1 is 1.23 bits per heavy atom. The van der Waals surface area contributed by atoms with E-state index in [4.69, 9.17) is 27.5 Å². The Kier molecular flexibility index (Phi) is 12.6. The monoisotopic (exact) mass is 683 g/mol. The molecule has 0 aliphatic carbocycles. The summed E-state index contributed by atoms with van der Waals surface area (Å²) < 4.78 is 31.9. The highest BCUT2D eigenvalue weighted by Gasteiger charge is 2.31. The van der Waals surface area contributed by atoms with E-state index < -0.39 is 5.82 Å². The molecule has 3 aromatic rings. The van der Waals surface area contributed by atoms with Gasteiger partial charge < -0.3 is 18.9 Å². The number of fused-ring (bicyclic) bond motifs is 2. The van der Waals surface area contributed by atoms with Crippen LogP contribution < -0.4 is 19.3 Å². The van der Waals surface area contributed by atoms with Gasteiger partial charge in [0.1, 0.15) is 23.1 Å². The van der Waals surface area contributed by atoms with Gasteiger partial charge in [-0.2, -0.15) is 4.37 Å². The number of terminal acetylenes is 1. The lowest BCUT2D eigenvalue weighted by Gasteiger charge is -2.28. The highest BCUT2D eigenvalue weighted by molar-refractivity contribution is 7.02. The molecule has 0 radical (unpaired) electrons. The fraction of sp³-hybridized carbons (Fsp3) is 0.486. The van der Waals surface area contributed by atoms with Crippen LogP contribution in [0.25, 0.3) is 0 Å². The van der Waals surface area contributed by atoms with Crippen molar-refractivity contribution in [3.05, 3.63) is 57.9 Å². The maximum atomic E-state index is 14.5. The van der Waals surface area contributed by atoms with Crippen molar-refractivity contribution in [2.45, 2.75) is 66.8 Å². The highest BCUT2D eigenvalue weighted by Crippen LogP contribution is 2.37. The molecule has 9 nitrogen and oxygen atoms in total. The molecule has 0 unspecified atom stereocenters. The third-order valence-corrected chi connectivity index (χ3v) is 8.90. The van der Waals surface area contributed by atoms with Crippen molar-refractivity contribution >= 4 is 52.0 Å². The molecule has 2 aliphatic heterocycles. The second-order valence-corrected chi connectivity index (χ2v) is 13.1. The number of rotatable bonds is 11. The molecule has 2 aromatic carbocycles. The molecule has 2 aliphatic rings. The van der Waals surface area contributed by atoms with Gasteiger partial charge in [-0.3, -0.25) is 14.5 Å². The van der Waals surface area contributed by atoms with Crippen molar-refractivity contribution in [1.29, 1.82) is 0 Å². The maximum absolute atomic E-state index is 14.5. The van der Waals surface area contributed by atoms with Gasteiger partial charge in [0.2, 0.25) is 10.7 Å². The Labute approximate surface area is 285 Å². The Balaban J connectivity index is 0.000000219. The quantitative estimate of drug-likeness (QED) is 0.139. The van der Waals surface area contributed by atoms with Gasteiger partial charge in [0.25, 0.3) is 5.91 Å². The Morgan fingerprint density at radius 3 is 2.60 bits per heavy atom. The molecule has 252 valence electrons. The van der Waals surface area contributed by atoms with Crippen LogP contribution in [-0.4, -0.2) is 59.5 Å². The lowest BCUT2D eigenvalue weighted by molar-refractivity contribution is -0.121. The van der Waals surface area contributed by atoms with Crippen LogP contribution in [-0.2, 0) is 40.1 Å². The smallest absolute Gasteiger partial charge is 0.265 e. The summed E-state index contributed by atoms with van der Waals surface area (Å²) in [6.07, 6.45) is 8.99. The van der Waals surface area contributed by atoms with E-state index in [9.17, 15) is 14.0 Å². The number of hydrogen-bond donors (Lipinski definition) is 0. The van der Waals surface area contributed by atoms with Crippen LogP contribution in [0.5, 0.6) is 5.75 Å². The number of amides is 2. The summed E-state index contributed by atoms with van der Waals surface area (Å²) in [6, 6.07) is 8.97. The summed E-state index contributed by atoms with van der Waals surface area (Å²) in [6.45, 7) is 13.2. The van der Waals surface area contributed by atoms with Gasteiger partial charge in [0.05, 0.1) is 24.5 Å². The minimum atomic E-state index is -0.515. The fourth-order valence-electron chi connectivity index (χ4n) is 5.64. The summed E-state index contributed by atoms with van der Waals surface area (Å²) in [5.74, 6) is 2.85. The van der Waals surface area contributed by atoms with E-state index in [0.29, 0.717) is 29.4 Å². The zero-order valence-corrected chi connectivity index (χ0v) is 29.3. The third kappa shape index (κ3) is 8.61. The van der Waals surface area contributed by atoms with Crippen molar-refractivity contribution in [1.82, 2.24) is 8.94 Å². The molecule has 5 rings (SSSR count). The summed E-state index contributed by atoms with van der Waals surface area (Å²) in [4.78, 5) is 32.6. The minimum Gasteiger partial charge on any atom is -0.481 e. The van der Waals surface area contributed by atoms with Crippen molar-refractivity contribution in [3.8, 4) is 18.1 Å². The van der Waals surface area contributed by atoms with E-state index in [-0.39, 0.29) is 41.9 Å². The number of nitrogens with zero attached hydrogens (tertiary/aromatic N) is 5. The number of para-hydroxylation sites is 1. The molecule has 47 heavy (non-hydrogen) atoms. The van der Waals surface area contributed by atoms with Crippen LogP contribution in [0, 0.1) is 23.6 Å². The molecule has 0 N–H and O–H groups in total. The van der Waals surface area contributed by atoms with Crippen LogP contribution in [0.1, 0.15) is 58.0 Å². The van der Waals surface area contributed by atoms with Crippen LogP contribution in [0.3, 0.4) is 0 Å². The second-order valence-electron chi connectivity index (χ2n) is 12.1. The first-order valence-corrected chi connectivity index (χ1v) is 17.2. The van der Waals surface area contributed by atoms with Gasteiger partial charge in [-0.05, 0) is 41.9 Å². The molecule has 0 bridgehead atoms. The first-order valence-electron chi connectivity index (χ1n) is 15.9. The number of aryl methyl sites for hydroxylation is 2. The van der Waals surface area contributed by atoms with Crippen molar-refractivity contribution in [2.75, 3.05) is 48.6 Å². The Morgan fingerprint density at radius 2 is 1.96 bits per heavy atom. The third-order valence-electron chi connectivity index (χ3n) is 7.89. The molecule has 0 fully saturated rings. The molecule has 3 heterocycles. The molecule has 0 atom stereocenters. The van der Waals surface area contributed by atoms with Gasteiger partial charge in [0, 0.05) is 43.7 Å². The predicted octanol–water partition coefficient (Wildman–Crippen LogP) is 6.07. The van der Waals surface area contributed by atoms with Crippen molar-refractivity contribution in [2.24, 2.45) is 10.4 Å². The van der Waals surface area contributed by atoms with E-state index in [1.165, 1.54) is 39.7 Å². The lowest BCUT2D eigenvalue weighted by Crippen LogP contribution is -2.39. The van der Waals surface area contributed by atoms with E-state index in [1.54, 1.807) is 4.90 Å². The number of halogens is 2. The van der Waals surface area contributed by atoms with Crippen LogP contribution in [0.15, 0.2) is 35.3 Å². The average Bonchev–Trinajstić information content (AvgIpc) is 3.57. The number of carbonyl (C=O) groups is 2. The molecular formula is C35H43ClFN5O4S. The number of benzene rings is 2. The van der Waals surface area contributed by atoms with Gasteiger partial charge in [0.15, 0.2) is 12.4 Å². The predicted molar refractivity (Wildman–Crippen MR) is 185 cm³/mol. The van der Waals surface area contributed by atoms with Crippen LogP contribution in [0.2, 0.25) is 0 Å². The number of anilines is 2. The van der Waals surface area contributed by atoms with Gasteiger partial charge in [-0.1, -0.05) is 58.7 Å². The van der Waals surface area contributed by atoms with E-state index in [2.05, 4.69) is 68.1 Å². The van der Waals surface area contributed by atoms with Crippen LogP contribution >= 0.6 is 23.1 Å². The van der Waals surface area contributed by atoms with E-state index in [1.807, 2.05) is 4.57 Å². The lowest BCUT2D eigenvalue weighted by atomic mass is 9.92. The van der Waals surface area contributed by atoms with Crippen molar-refractivity contribution < 1.29 is 23.5 Å². The minimum absolute atomic E-state index is 0.00498. The zero-order chi connectivity index (χ0) is 34.1. The largest absolute Gasteiger partial charge is 0.481 e. The summed E-state index contributed by atoms with van der Waals surface area (Å²) >= 11 is 7.04. The number of hydrogen-bond acceptors (Lipinski definition) is 7. The summed E-state index contributed by atoms with van der Waals surface area (Å²) in [7, 11) is 0. The first kappa shape index (κ1) is 36.1. The average molecular weight is 684 g/mol. The SMILES string of the molecule is C#CCN1C(=O)COc2cc(F)c(/N=c3\snc4n3CC(C)(C)C4)cc21.CCCOCCN(C(=O)CCl)c1c(CC)cccc1CC. The maximum Gasteiger partial charge on any atom is 0.265 e. The molecule has 1 aromatic heterocycles. The molecule has 12 heteroatoms. The molecular weight excluding hydrogens is 641 g/mol. The van der Waals surface area contributed by atoms with Gasteiger partial charge in [-0.25, -0.2) is 9.38 Å². The summed E-state index contributed by atoms with van der Waals surface area (Å²) in [5, 5.41) is 0. The first-order chi connectivity index (χ1) is 22.6. The molecule has 0 spiro atoms. The van der Waals surface area contributed by atoms with Gasteiger partial charge in [-0.15, -0.1) is 18.0 Å². The zero-order valence-electron chi connectivity index (χ0n) is 27.8. The van der Waals surface area contributed by atoms with Crippen LogP contribution in [0.4, 0.5) is 21.5 Å². The van der Waals surface area contributed by atoms with E-state index in [0.717, 1.165) is 50.3 Å². The van der Waals surface area contributed by atoms with E-state index >= 15 is 0 Å². The Hall–Kier alpha value is -3.72. The molecule has 2 amide bonds. The second kappa shape index (κ2) is 16.4. The Bertz CT molecular complexity index is 1670.